The lowest BCUT2D eigenvalue weighted by molar-refractivity contribution is 0.394. The molecule has 3 aromatic heterocycles. The van der Waals surface area contributed by atoms with Gasteiger partial charge in [0.1, 0.15) is 27.8 Å². The fourth-order valence-corrected chi connectivity index (χ4v) is 5.77. The van der Waals surface area contributed by atoms with E-state index < -0.39 is 27.3 Å². The summed E-state index contributed by atoms with van der Waals surface area (Å²) in [5.74, 6) is -0.789. The fraction of sp³-hybridized carbons (Fsp3) is 0.0909. The zero-order valence-corrected chi connectivity index (χ0v) is 18.0. The minimum Gasteiger partial charge on any atom is -0.283 e. The Balaban J connectivity index is 1.54. The molecule has 1 aliphatic carbocycles. The first kappa shape index (κ1) is 20.5. The van der Waals surface area contributed by atoms with Gasteiger partial charge >= 0.3 is 0 Å². The van der Waals surface area contributed by atoms with E-state index in [1.807, 2.05) is 29.8 Å². The molecule has 0 amide bonds. The molecule has 1 N–H and O–H groups in total. The van der Waals surface area contributed by atoms with Crippen molar-refractivity contribution < 1.29 is 17.2 Å². The highest BCUT2D eigenvalue weighted by Gasteiger charge is 2.33. The number of anilines is 1. The highest BCUT2D eigenvalue weighted by atomic mass is 32.2. The van der Waals surface area contributed by atoms with E-state index >= 15 is 0 Å². The van der Waals surface area contributed by atoms with E-state index in [0.717, 1.165) is 34.2 Å². The summed E-state index contributed by atoms with van der Waals surface area (Å²) in [6.07, 6.45) is 5.98. The number of alkyl halides is 1. The number of thiazole rings is 1. The van der Waals surface area contributed by atoms with Crippen molar-refractivity contribution in [3.05, 3.63) is 84.4 Å². The monoisotopic (exact) mass is 470 g/mol. The van der Waals surface area contributed by atoms with Gasteiger partial charge in [0, 0.05) is 40.8 Å². The third-order valence-corrected chi connectivity index (χ3v) is 7.55. The molecule has 0 saturated carbocycles. The molecule has 10 heteroatoms. The molecule has 0 spiro atoms. The summed E-state index contributed by atoms with van der Waals surface area (Å²) < 4.78 is 57.3. The first-order chi connectivity index (χ1) is 15.4. The van der Waals surface area contributed by atoms with Crippen LogP contribution in [-0.4, -0.2) is 34.4 Å². The summed E-state index contributed by atoms with van der Waals surface area (Å²) in [4.78, 5) is 5.01. The van der Waals surface area contributed by atoms with Crippen molar-refractivity contribution in [1.29, 1.82) is 0 Å². The molecule has 4 aromatic rings. The summed E-state index contributed by atoms with van der Waals surface area (Å²) in [5, 5.41) is 4.95. The van der Waals surface area contributed by atoms with Gasteiger partial charge in [-0.1, -0.05) is 12.1 Å². The van der Waals surface area contributed by atoms with Gasteiger partial charge in [-0.05, 0) is 48.1 Å². The molecule has 5 rings (SSSR count). The van der Waals surface area contributed by atoms with Crippen molar-refractivity contribution in [3.8, 4) is 22.4 Å². The second-order valence-corrected chi connectivity index (χ2v) is 9.89. The first-order valence-corrected chi connectivity index (χ1v) is 12.0. The van der Waals surface area contributed by atoms with Crippen LogP contribution in [0.25, 0.3) is 27.2 Å². The number of nitrogens with one attached hydrogen (secondary N) is 1. The Morgan fingerprint density at radius 1 is 1.12 bits per heavy atom. The van der Waals surface area contributed by atoms with Gasteiger partial charge in [-0.25, -0.2) is 21.7 Å². The van der Waals surface area contributed by atoms with Crippen molar-refractivity contribution in [1.82, 2.24) is 14.6 Å². The van der Waals surface area contributed by atoms with Gasteiger partial charge in [-0.15, -0.1) is 11.3 Å². The van der Waals surface area contributed by atoms with E-state index in [0.29, 0.717) is 11.3 Å². The lowest BCUT2D eigenvalue weighted by Gasteiger charge is -2.20. The SMILES string of the molecule is O=S(=O)(Nc1cccc(-c2nn3ccsc3c2-c2ccncc2)c1)C1C=C(F)C=CC1F. The molecule has 32 heavy (non-hydrogen) atoms. The van der Waals surface area contributed by atoms with E-state index in [1.165, 1.54) is 11.3 Å². The van der Waals surface area contributed by atoms with Crippen molar-refractivity contribution in [2.45, 2.75) is 11.4 Å². The van der Waals surface area contributed by atoms with E-state index in [4.69, 9.17) is 0 Å². The van der Waals surface area contributed by atoms with Gasteiger partial charge in [-0.2, -0.15) is 5.10 Å². The molecule has 2 unspecified atom stereocenters. The summed E-state index contributed by atoms with van der Waals surface area (Å²) in [5.41, 5.74) is 3.39. The third kappa shape index (κ3) is 3.71. The number of allylic oxidation sites excluding steroid dienone is 3. The van der Waals surface area contributed by atoms with Crippen molar-refractivity contribution in [2.75, 3.05) is 4.72 Å². The zero-order chi connectivity index (χ0) is 22.3. The minimum atomic E-state index is -4.22. The van der Waals surface area contributed by atoms with Crippen LogP contribution in [0.15, 0.2) is 84.4 Å². The zero-order valence-electron chi connectivity index (χ0n) is 16.4. The number of fused-ring (bicyclic) bond motifs is 1. The Morgan fingerprint density at radius 2 is 1.94 bits per heavy atom. The highest BCUT2D eigenvalue weighted by molar-refractivity contribution is 7.93. The molecule has 3 heterocycles. The predicted octanol–water partition coefficient (Wildman–Crippen LogP) is 5.00. The Labute approximate surface area is 186 Å². The smallest absolute Gasteiger partial charge is 0.242 e. The minimum absolute atomic E-state index is 0.232. The van der Waals surface area contributed by atoms with Gasteiger partial charge in [0.15, 0.2) is 0 Å². The largest absolute Gasteiger partial charge is 0.283 e. The molecule has 0 fully saturated rings. The molecular formula is C22H16F2N4O2S2. The van der Waals surface area contributed by atoms with Crippen molar-refractivity contribution in [2.24, 2.45) is 0 Å². The first-order valence-electron chi connectivity index (χ1n) is 9.60. The summed E-state index contributed by atoms with van der Waals surface area (Å²) in [7, 11) is -4.22. The highest BCUT2D eigenvalue weighted by Crippen LogP contribution is 2.37. The number of nitrogens with zero attached hydrogens (tertiary/aromatic N) is 3. The maximum absolute atomic E-state index is 14.2. The molecule has 162 valence electrons. The molecule has 0 saturated heterocycles. The number of hydrogen-bond acceptors (Lipinski definition) is 5. The Kier molecular flexibility index (Phi) is 5.10. The van der Waals surface area contributed by atoms with Gasteiger partial charge < -0.3 is 0 Å². The van der Waals surface area contributed by atoms with Crippen LogP contribution in [0.2, 0.25) is 0 Å². The molecule has 0 bridgehead atoms. The quantitative estimate of drug-likeness (QED) is 0.446. The van der Waals surface area contributed by atoms with E-state index in [-0.39, 0.29) is 5.69 Å². The van der Waals surface area contributed by atoms with E-state index in [9.17, 15) is 17.2 Å². The van der Waals surface area contributed by atoms with E-state index in [2.05, 4.69) is 14.8 Å². The van der Waals surface area contributed by atoms with Crippen molar-refractivity contribution >= 4 is 31.9 Å². The number of aromatic nitrogens is 3. The van der Waals surface area contributed by atoms with E-state index in [1.54, 1.807) is 35.1 Å². The van der Waals surface area contributed by atoms with Gasteiger partial charge in [0.25, 0.3) is 0 Å². The number of rotatable bonds is 5. The summed E-state index contributed by atoms with van der Waals surface area (Å²) in [6.45, 7) is 0. The molecule has 0 aliphatic heterocycles. The lowest BCUT2D eigenvalue weighted by atomic mass is 10.0. The normalized spacial score (nSPS) is 18.6. The van der Waals surface area contributed by atoms with Crippen LogP contribution in [0.5, 0.6) is 0 Å². The Morgan fingerprint density at radius 3 is 2.75 bits per heavy atom. The van der Waals surface area contributed by atoms with Gasteiger partial charge in [0.05, 0.1) is 0 Å². The standard InChI is InChI=1S/C22H16F2N4O2S2/c23-16-4-5-18(24)19(13-16)32(29,30)27-17-3-1-2-15(12-17)21-20(14-6-8-25-9-7-14)22-28(26-21)10-11-31-22/h1-13,18-19,27H. The summed E-state index contributed by atoms with van der Waals surface area (Å²) in [6, 6.07) is 10.4. The third-order valence-electron chi connectivity index (χ3n) is 5.05. The van der Waals surface area contributed by atoms with Crippen LogP contribution in [0.4, 0.5) is 14.5 Å². The molecular weight excluding hydrogens is 454 g/mol. The fourth-order valence-electron chi connectivity index (χ4n) is 3.59. The second kappa shape index (κ2) is 7.95. The van der Waals surface area contributed by atoms with Crippen LogP contribution in [0, 0.1) is 0 Å². The molecule has 2 atom stereocenters. The van der Waals surface area contributed by atoms with Gasteiger partial charge in [0.2, 0.25) is 10.0 Å². The topological polar surface area (TPSA) is 76.4 Å². The van der Waals surface area contributed by atoms with Crippen LogP contribution in [0.1, 0.15) is 0 Å². The average Bonchev–Trinajstić information content (AvgIpc) is 3.37. The summed E-state index contributed by atoms with van der Waals surface area (Å²) >= 11 is 1.54. The number of sulfonamides is 1. The molecule has 1 aliphatic rings. The van der Waals surface area contributed by atoms with Crippen LogP contribution < -0.4 is 4.72 Å². The maximum atomic E-state index is 14.2. The average molecular weight is 471 g/mol. The number of pyridine rings is 1. The second-order valence-electron chi connectivity index (χ2n) is 7.16. The molecule has 0 radical (unpaired) electrons. The maximum Gasteiger partial charge on any atom is 0.242 e. The number of hydrogen-bond donors (Lipinski definition) is 1. The predicted molar refractivity (Wildman–Crippen MR) is 121 cm³/mol. The molecule has 1 aromatic carbocycles. The Hall–Kier alpha value is -3.37. The van der Waals surface area contributed by atoms with Crippen LogP contribution in [0.3, 0.4) is 0 Å². The van der Waals surface area contributed by atoms with Crippen LogP contribution in [-0.2, 0) is 10.0 Å². The molecule has 6 nitrogen and oxygen atoms in total. The van der Waals surface area contributed by atoms with Crippen LogP contribution >= 0.6 is 11.3 Å². The number of benzene rings is 1. The number of halogens is 2. The van der Waals surface area contributed by atoms with Crippen molar-refractivity contribution in [3.63, 3.8) is 0 Å². The van der Waals surface area contributed by atoms with Gasteiger partial charge in [-0.3, -0.25) is 9.71 Å². The Bertz CT molecular complexity index is 1460. The lowest BCUT2D eigenvalue weighted by Crippen LogP contribution is -2.34.